The maximum atomic E-state index is 13.7. The van der Waals surface area contributed by atoms with Crippen molar-refractivity contribution in [3.05, 3.63) is 29.6 Å². The van der Waals surface area contributed by atoms with E-state index in [1.165, 1.54) is 32.4 Å². The van der Waals surface area contributed by atoms with Gasteiger partial charge in [0.25, 0.3) is 0 Å². The molecule has 0 amide bonds. The number of methoxy groups -OCH3 is 1. The molecule has 0 radical (unpaired) electrons. The number of hydrogen-bond donors (Lipinski definition) is 1. The van der Waals surface area contributed by atoms with Crippen molar-refractivity contribution in [2.75, 3.05) is 7.11 Å². The van der Waals surface area contributed by atoms with E-state index >= 15 is 0 Å². The Balaban J connectivity index is 2.43. The second-order valence-corrected chi connectivity index (χ2v) is 4.61. The van der Waals surface area contributed by atoms with E-state index in [9.17, 15) is 9.50 Å². The molecule has 1 aromatic rings. The van der Waals surface area contributed by atoms with Crippen LogP contribution in [0.4, 0.5) is 4.39 Å². The molecule has 1 aromatic carbocycles. The molecule has 0 aliphatic rings. The monoisotopic (exact) mass is 254 g/mol. The summed E-state index contributed by atoms with van der Waals surface area (Å²) in [5.41, 5.74) is 0.367. The number of hydrogen-bond acceptors (Lipinski definition) is 2. The van der Waals surface area contributed by atoms with Crippen LogP contribution in [-0.2, 0) is 0 Å². The average Bonchev–Trinajstić information content (AvgIpc) is 2.38. The fourth-order valence-corrected chi connectivity index (χ4v) is 2.00. The summed E-state index contributed by atoms with van der Waals surface area (Å²) < 4.78 is 18.6. The molecular weight excluding hydrogens is 231 g/mol. The van der Waals surface area contributed by atoms with Gasteiger partial charge in [-0.2, -0.15) is 0 Å². The molecule has 1 N–H and O–H groups in total. The van der Waals surface area contributed by atoms with Crippen molar-refractivity contribution < 1.29 is 14.2 Å². The van der Waals surface area contributed by atoms with Gasteiger partial charge < -0.3 is 9.84 Å². The summed E-state index contributed by atoms with van der Waals surface area (Å²) in [6, 6.07) is 4.60. The van der Waals surface area contributed by atoms with E-state index in [0.29, 0.717) is 17.7 Å². The minimum absolute atomic E-state index is 0.367. The Morgan fingerprint density at radius 2 is 1.94 bits per heavy atom. The van der Waals surface area contributed by atoms with Crippen molar-refractivity contribution in [1.82, 2.24) is 0 Å². The van der Waals surface area contributed by atoms with E-state index in [-0.39, 0.29) is 0 Å². The standard InChI is InChI=1S/C15H23FO2/c1-3-4-5-6-7-8-15(17)13-10-9-12(18-2)11-14(13)16/h9-11,15,17H,3-8H2,1-2H3. The summed E-state index contributed by atoms with van der Waals surface area (Å²) in [6.07, 6.45) is 5.57. The van der Waals surface area contributed by atoms with Crippen LogP contribution in [0.5, 0.6) is 5.75 Å². The zero-order valence-corrected chi connectivity index (χ0v) is 11.3. The number of aliphatic hydroxyl groups is 1. The van der Waals surface area contributed by atoms with E-state index in [1.54, 1.807) is 12.1 Å². The van der Waals surface area contributed by atoms with Gasteiger partial charge in [-0.05, 0) is 18.6 Å². The Bertz CT molecular complexity index is 352. The molecule has 0 heterocycles. The van der Waals surface area contributed by atoms with Crippen molar-refractivity contribution in [1.29, 1.82) is 0 Å². The summed E-state index contributed by atoms with van der Waals surface area (Å²) in [7, 11) is 1.50. The molecule has 0 aliphatic heterocycles. The molecule has 0 saturated heterocycles. The normalized spacial score (nSPS) is 12.4. The number of halogens is 1. The molecule has 18 heavy (non-hydrogen) atoms. The molecule has 0 spiro atoms. The first-order valence-electron chi connectivity index (χ1n) is 6.70. The zero-order valence-electron chi connectivity index (χ0n) is 11.3. The van der Waals surface area contributed by atoms with E-state index in [2.05, 4.69) is 6.92 Å². The third kappa shape index (κ3) is 4.65. The summed E-state index contributed by atoms with van der Waals surface area (Å²) in [5.74, 6) is 0.0850. The van der Waals surface area contributed by atoms with Crippen molar-refractivity contribution in [2.45, 2.75) is 51.6 Å². The van der Waals surface area contributed by atoms with Crippen LogP contribution in [0.3, 0.4) is 0 Å². The molecule has 1 atom stereocenters. The first-order valence-corrected chi connectivity index (χ1v) is 6.70. The highest BCUT2D eigenvalue weighted by molar-refractivity contribution is 5.30. The first kappa shape index (κ1) is 15.0. The minimum Gasteiger partial charge on any atom is -0.497 e. The molecule has 0 saturated carbocycles. The number of rotatable bonds is 8. The lowest BCUT2D eigenvalue weighted by Gasteiger charge is -2.12. The summed E-state index contributed by atoms with van der Waals surface area (Å²) >= 11 is 0. The molecule has 1 rings (SSSR count). The summed E-state index contributed by atoms with van der Waals surface area (Å²) in [6.45, 7) is 2.17. The van der Waals surface area contributed by atoms with Gasteiger partial charge in [0.05, 0.1) is 13.2 Å². The summed E-state index contributed by atoms with van der Waals surface area (Å²) in [4.78, 5) is 0. The Kier molecular flexibility index (Phi) is 6.73. The lowest BCUT2D eigenvalue weighted by Crippen LogP contribution is -2.01. The van der Waals surface area contributed by atoms with Crippen LogP contribution < -0.4 is 4.74 Å². The molecular formula is C15H23FO2. The molecule has 0 aliphatic carbocycles. The lowest BCUT2D eigenvalue weighted by molar-refractivity contribution is 0.158. The van der Waals surface area contributed by atoms with Crippen LogP contribution in [0.25, 0.3) is 0 Å². The van der Waals surface area contributed by atoms with Gasteiger partial charge in [0.15, 0.2) is 0 Å². The van der Waals surface area contributed by atoms with Crippen LogP contribution in [0.15, 0.2) is 18.2 Å². The molecule has 1 unspecified atom stereocenters. The highest BCUT2D eigenvalue weighted by Gasteiger charge is 2.13. The van der Waals surface area contributed by atoms with E-state index in [1.807, 2.05) is 0 Å². The third-order valence-electron chi connectivity index (χ3n) is 3.15. The van der Waals surface area contributed by atoms with Gasteiger partial charge in [-0.3, -0.25) is 0 Å². The van der Waals surface area contributed by atoms with E-state index < -0.39 is 11.9 Å². The average molecular weight is 254 g/mol. The van der Waals surface area contributed by atoms with E-state index in [0.717, 1.165) is 12.8 Å². The van der Waals surface area contributed by atoms with Gasteiger partial charge in [0.1, 0.15) is 11.6 Å². The zero-order chi connectivity index (χ0) is 13.4. The Morgan fingerprint density at radius 1 is 1.22 bits per heavy atom. The van der Waals surface area contributed by atoms with Crippen LogP contribution in [0, 0.1) is 5.82 Å². The van der Waals surface area contributed by atoms with Crippen molar-refractivity contribution >= 4 is 0 Å². The minimum atomic E-state index is -0.711. The second kappa shape index (κ2) is 8.09. The van der Waals surface area contributed by atoms with Gasteiger partial charge in [0, 0.05) is 11.6 Å². The van der Waals surface area contributed by atoms with Gasteiger partial charge in [-0.15, -0.1) is 0 Å². The Labute approximate surface area is 109 Å². The number of unbranched alkanes of at least 4 members (excludes halogenated alkanes) is 4. The van der Waals surface area contributed by atoms with Crippen LogP contribution >= 0.6 is 0 Å². The maximum Gasteiger partial charge on any atom is 0.132 e. The number of ether oxygens (including phenoxy) is 1. The first-order chi connectivity index (χ1) is 8.69. The quantitative estimate of drug-likeness (QED) is 0.703. The van der Waals surface area contributed by atoms with Crippen LogP contribution in [-0.4, -0.2) is 12.2 Å². The van der Waals surface area contributed by atoms with Crippen molar-refractivity contribution in [3.8, 4) is 5.75 Å². The molecule has 102 valence electrons. The summed E-state index contributed by atoms with van der Waals surface area (Å²) in [5, 5.41) is 9.94. The van der Waals surface area contributed by atoms with Crippen LogP contribution in [0.1, 0.15) is 57.1 Å². The third-order valence-corrected chi connectivity index (χ3v) is 3.15. The fourth-order valence-electron chi connectivity index (χ4n) is 2.00. The van der Waals surface area contributed by atoms with Gasteiger partial charge in [-0.25, -0.2) is 4.39 Å². The van der Waals surface area contributed by atoms with Gasteiger partial charge >= 0.3 is 0 Å². The Morgan fingerprint density at radius 3 is 2.56 bits per heavy atom. The highest BCUT2D eigenvalue weighted by Crippen LogP contribution is 2.25. The smallest absolute Gasteiger partial charge is 0.132 e. The fraction of sp³-hybridized carbons (Fsp3) is 0.600. The van der Waals surface area contributed by atoms with Gasteiger partial charge in [0.2, 0.25) is 0 Å². The predicted molar refractivity (Wildman–Crippen MR) is 71.3 cm³/mol. The van der Waals surface area contributed by atoms with E-state index in [4.69, 9.17) is 4.74 Å². The largest absolute Gasteiger partial charge is 0.497 e. The molecule has 0 fully saturated rings. The van der Waals surface area contributed by atoms with Gasteiger partial charge in [-0.1, -0.05) is 39.0 Å². The SMILES string of the molecule is CCCCCCCC(O)c1ccc(OC)cc1F. The van der Waals surface area contributed by atoms with Crippen molar-refractivity contribution in [2.24, 2.45) is 0 Å². The maximum absolute atomic E-state index is 13.7. The predicted octanol–water partition coefficient (Wildman–Crippen LogP) is 4.23. The highest BCUT2D eigenvalue weighted by atomic mass is 19.1. The molecule has 0 bridgehead atoms. The lowest BCUT2D eigenvalue weighted by atomic mass is 10.0. The topological polar surface area (TPSA) is 29.5 Å². The Hall–Kier alpha value is -1.09. The molecule has 3 heteroatoms. The molecule has 2 nitrogen and oxygen atoms in total. The van der Waals surface area contributed by atoms with Crippen LogP contribution in [0.2, 0.25) is 0 Å². The molecule has 0 aromatic heterocycles. The van der Waals surface area contributed by atoms with Crippen molar-refractivity contribution in [3.63, 3.8) is 0 Å². The second-order valence-electron chi connectivity index (χ2n) is 4.61. The number of aliphatic hydroxyl groups excluding tert-OH is 1. The number of benzene rings is 1.